The second-order valence-corrected chi connectivity index (χ2v) is 8.12. The van der Waals surface area contributed by atoms with E-state index in [1.54, 1.807) is 12.1 Å². The van der Waals surface area contributed by atoms with Crippen molar-refractivity contribution in [3.05, 3.63) is 35.0 Å². The molecule has 4 rings (SSSR count). The minimum Gasteiger partial charge on any atom is -0.504 e. The van der Waals surface area contributed by atoms with Gasteiger partial charge in [-0.2, -0.15) is 0 Å². The molecule has 6 heteroatoms. The molecule has 0 radical (unpaired) electrons. The number of phenolic OH excluding ortho intramolecular Hbond substituents is 1. The average molecular weight is 397 g/mol. The van der Waals surface area contributed by atoms with Gasteiger partial charge in [-0.05, 0) is 63.1 Å². The number of hydrogen-bond acceptors (Lipinski definition) is 6. The molecule has 2 atom stereocenters. The van der Waals surface area contributed by atoms with Crippen molar-refractivity contribution in [2.24, 2.45) is 10.9 Å². The molecule has 1 aromatic rings. The first-order valence-corrected chi connectivity index (χ1v) is 10.4. The predicted octanol–water partition coefficient (Wildman–Crippen LogP) is 4.07. The van der Waals surface area contributed by atoms with Gasteiger partial charge in [-0.15, -0.1) is 0 Å². The molecule has 2 saturated carbocycles. The van der Waals surface area contributed by atoms with Crippen molar-refractivity contribution in [1.82, 2.24) is 0 Å². The minimum absolute atomic E-state index is 0.0153. The summed E-state index contributed by atoms with van der Waals surface area (Å²) in [5.74, 6) is -0.945. The highest BCUT2D eigenvalue weighted by Crippen LogP contribution is 2.45. The van der Waals surface area contributed by atoms with E-state index in [0.29, 0.717) is 29.0 Å². The molecular formula is C23H27NO5. The molecule has 0 aromatic heterocycles. The van der Waals surface area contributed by atoms with Crippen LogP contribution in [0.4, 0.5) is 0 Å². The standard InChI is InChI=1S/C23H27NO5/c1-13-20(23(27)29-15-6-3-4-7-15)21(14-10-11-19(28-2)18(26)12-14)22-16(24-13)8-5-9-17(22)25/h10-12,15,21-22,26H,3-9H2,1-2H3/t21-,22-/m1/s1. The molecule has 0 unspecified atom stereocenters. The van der Waals surface area contributed by atoms with Crippen molar-refractivity contribution in [2.45, 2.75) is 63.9 Å². The van der Waals surface area contributed by atoms with Crippen LogP contribution in [0.15, 0.2) is 34.5 Å². The fourth-order valence-corrected chi connectivity index (χ4v) is 4.87. The fraction of sp³-hybridized carbons (Fsp3) is 0.522. The molecule has 1 heterocycles. The van der Waals surface area contributed by atoms with E-state index in [-0.39, 0.29) is 17.6 Å². The number of ketones is 1. The van der Waals surface area contributed by atoms with Gasteiger partial charge in [-0.25, -0.2) is 4.79 Å². The third-order valence-corrected chi connectivity index (χ3v) is 6.27. The van der Waals surface area contributed by atoms with Crippen LogP contribution in [-0.4, -0.2) is 35.8 Å². The number of aliphatic imine (C=N–C) groups is 1. The maximum atomic E-state index is 13.2. The third kappa shape index (κ3) is 3.68. The number of methoxy groups -OCH3 is 1. The number of rotatable bonds is 4. The van der Waals surface area contributed by atoms with Gasteiger partial charge in [0.05, 0.1) is 18.6 Å². The Morgan fingerprint density at radius 1 is 1.14 bits per heavy atom. The SMILES string of the molecule is COc1ccc([C@@H]2C(C(=O)OC3CCCC3)=C(C)N=C3CCCC(=O)[C@@H]32)cc1O. The topological polar surface area (TPSA) is 85.2 Å². The first-order valence-electron chi connectivity index (χ1n) is 10.4. The van der Waals surface area contributed by atoms with Gasteiger partial charge in [0.1, 0.15) is 11.9 Å². The lowest BCUT2D eigenvalue weighted by Crippen LogP contribution is -2.39. The first-order chi connectivity index (χ1) is 14.0. The lowest BCUT2D eigenvalue weighted by Gasteiger charge is -2.36. The fourth-order valence-electron chi connectivity index (χ4n) is 4.87. The lowest BCUT2D eigenvalue weighted by atomic mass is 9.69. The molecule has 0 spiro atoms. The Hall–Kier alpha value is -2.63. The van der Waals surface area contributed by atoms with Gasteiger partial charge < -0.3 is 14.6 Å². The molecule has 1 aliphatic heterocycles. The Kier molecular flexibility index (Phi) is 5.43. The Balaban J connectivity index is 1.77. The maximum Gasteiger partial charge on any atom is 0.336 e. The van der Waals surface area contributed by atoms with Crippen LogP contribution in [0.3, 0.4) is 0 Å². The number of hydrogen-bond donors (Lipinski definition) is 1. The van der Waals surface area contributed by atoms with E-state index in [4.69, 9.17) is 9.47 Å². The molecule has 1 aromatic carbocycles. The number of benzene rings is 1. The van der Waals surface area contributed by atoms with E-state index in [1.807, 2.05) is 13.0 Å². The quantitative estimate of drug-likeness (QED) is 0.774. The number of fused-ring (bicyclic) bond motifs is 1. The average Bonchev–Trinajstić information content (AvgIpc) is 3.20. The molecule has 2 aliphatic carbocycles. The van der Waals surface area contributed by atoms with Crippen LogP contribution in [0.5, 0.6) is 11.5 Å². The first kappa shape index (κ1) is 19.7. The summed E-state index contributed by atoms with van der Waals surface area (Å²) in [5, 5.41) is 10.3. The molecule has 0 amide bonds. The summed E-state index contributed by atoms with van der Waals surface area (Å²) in [6.07, 6.45) is 5.82. The number of allylic oxidation sites excluding steroid dienone is 1. The third-order valence-electron chi connectivity index (χ3n) is 6.27. The van der Waals surface area contributed by atoms with E-state index in [0.717, 1.165) is 44.2 Å². The van der Waals surface area contributed by atoms with E-state index in [2.05, 4.69) is 4.99 Å². The highest BCUT2D eigenvalue weighted by molar-refractivity contribution is 6.11. The largest absolute Gasteiger partial charge is 0.504 e. The molecule has 0 bridgehead atoms. The molecule has 154 valence electrons. The van der Waals surface area contributed by atoms with Crippen LogP contribution in [0, 0.1) is 5.92 Å². The number of aromatic hydroxyl groups is 1. The lowest BCUT2D eigenvalue weighted by molar-refractivity contribution is -0.144. The zero-order valence-corrected chi connectivity index (χ0v) is 16.9. The number of esters is 1. The van der Waals surface area contributed by atoms with Gasteiger partial charge in [-0.3, -0.25) is 9.79 Å². The van der Waals surface area contributed by atoms with E-state index < -0.39 is 17.8 Å². The summed E-state index contributed by atoms with van der Waals surface area (Å²) >= 11 is 0. The van der Waals surface area contributed by atoms with E-state index in [9.17, 15) is 14.7 Å². The molecule has 1 N–H and O–H groups in total. The number of phenols is 1. The number of Topliss-reactive ketones (excluding diaryl/α,β-unsaturated/α-hetero) is 1. The van der Waals surface area contributed by atoms with Gasteiger partial charge in [0.15, 0.2) is 11.5 Å². The Labute approximate surface area is 170 Å². The molecule has 3 aliphatic rings. The number of ether oxygens (including phenoxy) is 2. The van der Waals surface area contributed by atoms with E-state index in [1.165, 1.54) is 7.11 Å². The predicted molar refractivity (Wildman–Crippen MR) is 108 cm³/mol. The Morgan fingerprint density at radius 3 is 2.59 bits per heavy atom. The van der Waals surface area contributed by atoms with Crippen molar-refractivity contribution in [1.29, 1.82) is 0 Å². The molecule has 6 nitrogen and oxygen atoms in total. The molecule has 29 heavy (non-hydrogen) atoms. The van der Waals surface area contributed by atoms with Crippen molar-refractivity contribution in [3.63, 3.8) is 0 Å². The van der Waals surface area contributed by atoms with Crippen molar-refractivity contribution in [2.75, 3.05) is 7.11 Å². The van der Waals surface area contributed by atoms with Crippen LogP contribution in [0.1, 0.15) is 63.4 Å². The normalized spacial score (nSPS) is 24.9. The van der Waals surface area contributed by atoms with Gasteiger partial charge in [0.25, 0.3) is 0 Å². The van der Waals surface area contributed by atoms with Crippen LogP contribution in [-0.2, 0) is 14.3 Å². The molecule has 2 fully saturated rings. The van der Waals surface area contributed by atoms with E-state index >= 15 is 0 Å². The van der Waals surface area contributed by atoms with Crippen LogP contribution in [0.25, 0.3) is 0 Å². The van der Waals surface area contributed by atoms with Crippen LogP contribution < -0.4 is 4.74 Å². The van der Waals surface area contributed by atoms with Crippen molar-refractivity contribution >= 4 is 17.5 Å². The number of nitrogens with zero attached hydrogens (tertiary/aromatic N) is 1. The second kappa shape index (κ2) is 8.01. The Morgan fingerprint density at radius 2 is 1.90 bits per heavy atom. The van der Waals surface area contributed by atoms with Gasteiger partial charge in [0, 0.05) is 23.7 Å². The zero-order chi connectivity index (χ0) is 20.5. The summed E-state index contributed by atoms with van der Waals surface area (Å²) in [6, 6.07) is 5.06. The summed E-state index contributed by atoms with van der Waals surface area (Å²) in [7, 11) is 1.49. The summed E-state index contributed by atoms with van der Waals surface area (Å²) in [4.78, 5) is 30.7. The van der Waals surface area contributed by atoms with Crippen molar-refractivity contribution in [3.8, 4) is 11.5 Å². The zero-order valence-electron chi connectivity index (χ0n) is 16.9. The summed E-state index contributed by atoms with van der Waals surface area (Å²) in [6.45, 7) is 1.81. The highest BCUT2D eigenvalue weighted by atomic mass is 16.5. The summed E-state index contributed by atoms with van der Waals surface area (Å²) < 4.78 is 11.0. The number of carbonyl (C=O) groups is 2. The Bertz CT molecular complexity index is 895. The second-order valence-electron chi connectivity index (χ2n) is 8.12. The molecule has 0 saturated heterocycles. The van der Waals surface area contributed by atoms with Crippen LogP contribution in [0.2, 0.25) is 0 Å². The monoisotopic (exact) mass is 397 g/mol. The highest BCUT2D eigenvalue weighted by Gasteiger charge is 2.44. The van der Waals surface area contributed by atoms with Gasteiger partial charge in [0.2, 0.25) is 0 Å². The van der Waals surface area contributed by atoms with Crippen LogP contribution >= 0.6 is 0 Å². The maximum absolute atomic E-state index is 13.2. The molecular weight excluding hydrogens is 370 g/mol. The minimum atomic E-state index is -0.499. The number of carbonyl (C=O) groups excluding carboxylic acids is 2. The smallest absolute Gasteiger partial charge is 0.336 e. The van der Waals surface area contributed by atoms with Crippen molar-refractivity contribution < 1.29 is 24.2 Å². The van der Waals surface area contributed by atoms with Gasteiger partial charge in [-0.1, -0.05) is 6.07 Å². The summed E-state index contributed by atoms with van der Waals surface area (Å²) in [5.41, 5.74) is 2.57. The van der Waals surface area contributed by atoms with Gasteiger partial charge >= 0.3 is 5.97 Å².